The molecular weight excluding hydrogens is 354 g/mol. The molecule has 0 unspecified atom stereocenters. The van der Waals surface area contributed by atoms with Crippen LogP contribution < -0.4 is 10.2 Å². The van der Waals surface area contributed by atoms with Gasteiger partial charge in [-0.15, -0.1) is 11.3 Å². The third-order valence-electron chi connectivity index (χ3n) is 2.85. The number of phenolic OH excluding ortho intramolecular Hbond substituents is 1. The highest BCUT2D eigenvalue weighted by Crippen LogP contribution is 2.30. The quantitative estimate of drug-likeness (QED) is 0.442. The van der Waals surface area contributed by atoms with Crippen LogP contribution in [0.4, 0.5) is 5.13 Å². The fourth-order valence-electron chi connectivity index (χ4n) is 1.78. The van der Waals surface area contributed by atoms with Crippen LogP contribution in [0.15, 0.2) is 22.6 Å². The van der Waals surface area contributed by atoms with E-state index in [1.165, 1.54) is 30.7 Å². The summed E-state index contributed by atoms with van der Waals surface area (Å²) in [7, 11) is 1.48. The number of carbonyl (C=O) groups excluding carboxylic acids is 1. The van der Waals surface area contributed by atoms with Crippen LogP contribution in [0.1, 0.15) is 18.2 Å². The maximum Gasteiger partial charge on any atom is 0.311 e. The third-order valence-corrected chi connectivity index (χ3v) is 3.96. The van der Waals surface area contributed by atoms with Gasteiger partial charge in [-0.25, -0.2) is 4.98 Å². The molecule has 1 aromatic carbocycles. The van der Waals surface area contributed by atoms with Gasteiger partial charge in [-0.1, -0.05) is 11.6 Å². The molecule has 0 bridgehead atoms. The van der Waals surface area contributed by atoms with Crippen molar-refractivity contribution in [2.45, 2.75) is 13.3 Å². The van der Waals surface area contributed by atoms with Gasteiger partial charge in [0.1, 0.15) is 11.5 Å². The van der Waals surface area contributed by atoms with E-state index in [0.717, 1.165) is 0 Å². The van der Waals surface area contributed by atoms with Crippen molar-refractivity contribution >= 4 is 40.3 Å². The molecular formula is C15H16ClN3O4S. The van der Waals surface area contributed by atoms with E-state index in [1.807, 2.05) is 0 Å². The molecule has 0 aliphatic carbocycles. The molecule has 2 N–H and O–H groups in total. The Labute approximate surface area is 147 Å². The second-order valence-electron chi connectivity index (χ2n) is 4.54. The average Bonchev–Trinajstić information content (AvgIpc) is 2.97. The zero-order valence-corrected chi connectivity index (χ0v) is 14.6. The van der Waals surface area contributed by atoms with Gasteiger partial charge >= 0.3 is 5.97 Å². The number of halogens is 1. The molecule has 7 nitrogen and oxygen atoms in total. The highest BCUT2D eigenvalue weighted by atomic mass is 35.5. The molecule has 24 heavy (non-hydrogen) atoms. The highest BCUT2D eigenvalue weighted by molar-refractivity contribution is 7.13. The van der Waals surface area contributed by atoms with Gasteiger partial charge in [0.25, 0.3) is 0 Å². The Bertz CT molecular complexity index is 725. The molecule has 0 amide bonds. The van der Waals surface area contributed by atoms with E-state index in [2.05, 4.69) is 15.5 Å². The summed E-state index contributed by atoms with van der Waals surface area (Å²) in [6, 6.07) is 3.01. The number of hydrogen-bond acceptors (Lipinski definition) is 8. The summed E-state index contributed by atoms with van der Waals surface area (Å²) in [4.78, 5) is 15.6. The Morgan fingerprint density at radius 3 is 3.00 bits per heavy atom. The number of phenols is 1. The summed E-state index contributed by atoms with van der Waals surface area (Å²) in [5.41, 5.74) is 3.68. The van der Waals surface area contributed by atoms with Crippen LogP contribution >= 0.6 is 22.9 Å². The van der Waals surface area contributed by atoms with Gasteiger partial charge in [0.15, 0.2) is 0 Å². The molecule has 0 aliphatic rings. The van der Waals surface area contributed by atoms with Crippen molar-refractivity contribution in [3.8, 4) is 11.5 Å². The van der Waals surface area contributed by atoms with Crippen LogP contribution in [0.5, 0.6) is 11.5 Å². The molecule has 1 aromatic heterocycles. The van der Waals surface area contributed by atoms with Gasteiger partial charge in [0, 0.05) is 11.4 Å². The number of nitrogens with one attached hydrogen (secondary N) is 1. The highest BCUT2D eigenvalue weighted by Gasteiger charge is 2.09. The Morgan fingerprint density at radius 2 is 2.33 bits per heavy atom. The first-order chi connectivity index (χ1) is 11.5. The van der Waals surface area contributed by atoms with Crippen molar-refractivity contribution in [1.82, 2.24) is 4.98 Å². The number of ether oxygens (including phenoxy) is 2. The Morgan fingerprint density at radius 1 is 1.54 bits per heavy atom. The summed E-state index contributed by atoms with van der Waals surface area (Å²) in [6.45, 7) is 2.09. The lowest BCUT2D eigenvalue weighted by Crippen LogP contribution is -2.07. The number of hydrogen-bond donors (Lipinski definition) is 2. The van der Waals surface area contributed by atoms with Crippen LogP contribution in [0.2, 0.25) is 5.02 Å². The molecule has 0 radical (unpaired) electrons. The van der Waals surface area contributed by atoms with E-state index in [9.17, 15) is 9.90 Å². The molecule has 0 saturated carbocycles. The molecule has 128 valence electrons. The van der Waals surface area contributed by atoms with Crippen LogP contribution in [0.3, 0.4) is 0 Å². The number of aromatic hydroxyl groups is 1. The Hall–Kier alpha value is -2.32. The summed E-state index contributed by atoms with van der Waals surface area (Å²) >= 11 is 7.36. The fraction of sp³-hybridized carbons (Fsp3) is 0.267. The summed E-state index contributed by atoms with van der Waals surface area (Å²) in [5, 5.41) is 16.5. The minimum absolute atomic E-state index is 0.0490. The molecule has 9 heteroatoms. The van der Waals surface area contributed by atoms with Crippen LogP contribution in [0.25, 0.3) is 0 Å². The minimum atomic E-state index is -0.326. The maximum atomic E-state index is 11.4. The second-order valence-corrected chi connectivity index (χ2v) is 5.80. The van der Waals surface area contributed by atoms with E-state index in [-0.39, 0.29) is 18.1 Å². The zero-order valence-electron chi connectivity index (χ0n) is 13.1. The number of carbonyl (C=O) groups is 1. The molecule has 2 rings (SSSR count). The van der Waals surface area contributed by atoms with Gasteiger partial charge in [0.05, 0.1) is 42.6 Å². The third kappa shape index (κ3) is 4.84. The smallest absolute Gasteiger partial charge is 0.311 e. The molecule has 1 heterocycles. The summed E-state index contributed by atoms with van der Waals surface area (Å²) in [5.74, 6) is 0.0750. The van der Waals surface area contributed by atoms with E-state index in [1.54, 1.807) is 18.4 Å². The number of benzene rings is 1. The number of thiazole rings is 1. The van der Waals surface area contributed by atoms with Crippen LogP contribution in [-0.2, 0) is 16.0 Å². The lowest BCUT2D eigenvalue weighted by Gasteiger charge is -2.05. The number of anilines is 1. The zero-order chi connectivity index (χ0) is 17.5. The van der Waals surface area contributed by atoms with Crippen molar-refractivity contribution in [1.29, 1.82) is 0 Å². The summed E-state index contributed by atoms with van der Waals surface area (Å²) in [6.07, 6.45) is 1.49. The molecule has 0 aliphatic heterocycles. The SMILES string of the molecule is CCOC(=O)Cc1csc(NN=Cc2c(O)cc(OC)cc2Cl)n1. The van der Waals surface area contributed by atoms with Crippen molar-refractivity contribution in [2.24, 2.45) is 5.10 Å². The van der Waals surface area contributed by atoms with Crippen molar-refractivity contribution in [3.05, 3.63) is 33.8 Å². The first-order valence-electron chi connectivity index (χ1n) is 6.99. The van der Waals surface area contributed by atoms with E-state index in [0.29, 0.717) is 33.8 Å². The lowest BCUT2D eigenvalue weighted by molar-refractivity contribution is -0.142. The average molecular weight is 370 g/mol. The fourth-order valence-corrected chi connectivity index (χ4v) is 2.69. The Kier molecular flexibility index (Phi) is 6.39. The van der Waals surface area contributed by atoms with Crippen molar-refractivity contribution in [3.63, 3.8) is 0 Å². The maximum absolute atomic E-state index is 11.4. The van der Waals surface area contributed by atoms with Crippen molar-refractivity contribution < 1.29 is 19.4 Å². The standard InChI is InChI=1S/C15H16ClN3O4S/c1-3-23-14(21)4-9-8-24-15(18-9)19-17-7-11-12(16)5-10(22-2)6-13(11)20/h5-8,20H,3-4H2,1-2H3,(H,18,19). The number of nitrogens with zero attached hydrogens (tertiary/aromatic N) is 2. The molecule has 0 saturated heterocycles. The monoisotopic (exact) mass is 369 g/mol. The number of aromatic nitrogens is 1. The van der Waals surface area contributed by atoms with E-state index >= 15 is 0 Å². The van der Waals surface area contributed by atoms with E-state index in [4.69, 9.17) is 21.1 Å². The molecule has 0 atom stereocenters. The normalized spacial score (nSPS) is 10.8. The minimum Gasteiger partial charge on any atom is -0.507 e. The predicted octanol–water partition coefficient (Wildman–Crippen LogP) is 3.06. The summed E-state index contributed by atoms with van der Waals surface area (Å²) < 4.78 is 9.87. The Balaban J connectivity index is 2.00. The number of hydrazone groups is 1. The first kappa shape index (κ1) is 18.0. The lowest BCUT2D eigenvalue weighted by atomic mass is 10.2. The van der Waals surface area contributed by atoms with Gasteiger partial charge in [0.2, 0.25) is 5.13 Å². The number of rotatable bonds is 7. The molecule has 0 spiro atoms. The predicted molar refractivity (Wildman–Crippen MR) is 93.3 cm³/mol. The van der Waals surface area contributed by atoms with Gasteiger partial charge in [-0.05, 0) is 13.0 Å². The van der Waals surface area contributed by atoms with Gasteiger partial charge < -0.3 is 14.6 Å². The number of esters is 1. The van der Waals surface area contributed by atoms with Crippen LogP contribution in [0, 0.1) is 0 Å². The molecule has 0 fully saturated rings. The number of methoxy groups -OCH3 is 1. The second kappa shape index (κ2) is 8.51. The van der Waals surface area contributed by atoms with Gasteiger partial charge in [-0.2, -0.15) is 5.10 Å². The van der Waals surface area contributed by atoms with Crippen molar-refractivity contribution in [2.75, 3.05) is 19.1 Å². The molecule has 2 aromatic rings. The topological polar surface area (TPSA) is 93.0 Å². The van der Waals surface area contributed by atoms with E-state index < -0.39 is 0 Å². The first-order valence-corrected chi connectivity index (χ1v) is 8.24. The largest absolute Gasteiger partial charge is 0.507 e. The van der Waals surface area contributed by atoms with Crippen LogP contribution in [-0.4, -0.2) is 36.0 Å². The van der Waals surface area contributed by atoms with Gasteiger partial charge in [-0.3, -0.25) is 10.2 Å².